The number of aryl methyl sites for hydroxylation is 1. The molecule has 0 radical (unpaired) electrons. The Labute approximate surface area is 139 Å². The van der Waals surface area contributed by atoms with Crippen LogP contribution in [0.25, 0.3) is 0 Å². The van der Waals surface area contributed by atoms with E-state index >= 15 is 0 Å². The van der Waals surface area contributed by atoms with Gasteiger partial charge in [0, 0.05) is 25.4 Å². The largest absolute Gasteiger partial charge is 0.378 e. The second-order valence-electron chi connectivity index (χ2n) is 5.14. The predicted molar refractivity (Wildman–Crippen MR) is 88.1 cm³/mol. The summed E-state index contributed by atoms with van der Waals surface area (Å²) in [6.07, 6.45) is 0. The highest BCUT2D eigenvalue weighted by molar-refractivity contribution is 7.91. The molecule has 2 aromatic heterocycles. The Bertz CT molecular complexity index is 777. The van der Waals surface area contributed by atoms with Gasteiger partial charge in [-0.2, -0.15) is 4.31 Å². The molecule has 9 heteroatoms. The number of rotatable bonds is 4. The van der Waals surface area contributed by atoms with Crippen LogP contribution in [0.3, 0.4) is 0 Å². The lowest BCUT2D eigenvalue weighted by atomic mass is 10.2. The van der Waals surface area contributed by atoms with Gasteiger partial charge in [-0.1, -0.05) is 6.07 Å². The maximum atomic E-state index is 12.9. The van der Waals surface area contributed by atoms with E-state index in [2.05, 4.69) is 15.3 Å². The first kappa shape index (κ1) is 16.3. The fourth-order valence-electron chi connectivity index (χ4n) is 2.47. The number of nitrogens with zero attached hydrogens (tertiary/aromatic N) is 3. The Balaban J connectivity index is 2.01. The Morgan fingerprint density at radius 1 is 1.43 bits per heavy atom. The molecule has 124 valence electrons. The molecule has 0 spiro atoms. The Kier molecular flexibility index (Phi) is 4.62. The number of thiophene rings is 1. The molecule has 0 saturated carbocycles. The zero-order valence-corrected chi connectivity index (χ0v) is 14.5. The highest BCUT2D eigenvalue weighted by Gasteiger charge is 2.37. The molecule has 1 fully saturated rings. The SMILES string of the molecule is CNc1cc(C)nc(C2COCCN2S(=O)(=O)c2cccs2)n1. The quantitative estimate of drug-likeness (QED) is 0.899. The summed E-state index contributed by atoms with van der Waals surface area (Å²) in [5.41, 5.74) is 0.776. The van der Waals surface area contributed by atoms with E-state index in [1.807, 2.05) is 13.0 Å². The van der Waals surface area contributed by atoms with Crippen molar-refractivity contribution in [2.45, 2.75) is 17.2 Å². The smallest absolute Gasteiger partial charge is 0.253 e. The first-order valence-electron chi connectivity index (χ1n) is 7.19. The number of hydrogen-bond acceptors (Lipinski definition) is 7. The number of hydrogen-bond donors (Lipinski definition) is 1. The van der Waals surface area contributed by atoms with Crippen molar-refractivity contribution >= 4 is 27.2 Å². The molecule has 2 aromatic rings. The predicted octanol–water partition coefficient (Wildman–Crippen LogP) is 1.65. The van der Waals surface area contributed by atoms with E-state index in [9.17, 15) is 8.42 Å². The summed E-state index contributed by atoms with van der Waals surface area (Å²) < 4.78 is 33.0. The second-order valence-corrected chi connectivity index (χ2v) is 8.21. The van der Waals surface area contributed by atoms with Gasteiger partial charge < -0.3 is 10.1 Å². The van der Waals surface area contributed by atoms with Crippen molar-refractivity contribution in [3.05, 3.63) is 35.1 Å². The molecule has 1 unspecified atom stereocenters. The van der Waals surface area contributed by atoms with Crippen molar-refractivity contribution in [2.75, 3.05) is 32.1 Å². The van der Waals surface area contributed by atoms with Gasteiger partial charge in [0.1, 0.15) is 16.1 Å². The number of nitrogens with one attached hydrogen (secondary N) is 1. The molecule has 0 amide bonds. The van der Waals surface area contributed by atoms with Crippen LogP contribution in [0, 0.1) is 6.92 Å². The third kappa shape index (κ3) is 3.23. The van der Waals surface area contributed by atoms with Crippen LogP contribution in [-0.4, -0.2) is 49.5 Å². The van der Waals surface area contributed by atoms with Crippen molar-refractivity contribution in [2.24, 2.45) is 0 Å². The van der Waals surface area contributed by atoms with Crippen LogP contribution in [0.5, 0.6) is 0 Å². The van der Waals surface area contributed by atoms with Crippen molar-refractivity contribution in [1.29, 1.82) is 0 Å². The molecule has 3 heterocycles. The van der Waals surface area contributed by atoms with Crippen LogP contribution in [0.1, 0.15) is 17.6 Å². The lowest BCUT2D eigenvalue weighted by Crippen LogP contribution is -2.43. The second kappa shape index (κ2) is 6.52. The minimum absolute atomic E-state index is 0.247. The van der Waals surface area contributed by atoms with Crippen LogP contribution < -0.4 is 5.32 Å². The van der Waals surface area contributed by atoms with E-state index in [1.54, 1.807) is 24.6 Å². The topological polar surface area (TPSA) is 84.4 Å². The molecule has 3 rings (SSSR count). The molecule has 0 aromatic carbocycles. The van der Waals surface area contributed by atoms with Crippen LogP contribution in [0.15, 0.2) is 27.8 Å². The standard InChI is InChI=1S/C14H18N4O3S2/c1-10-8-12(15-2)17-14(16-10)11-9-21-6-5-18(11)23(19,20)13-4-3-7-22-13/h3-4,7-8,11H,5-6,9H2,1-2H3,(H,15,16,17). The summed E-state index contributed by atoms with van der Waals surface area (Å²) in [6, 6.07) is 4.63. The monoisotopic (exact) mass is 354 g/mol. The zero-order valence-electron chi connectivity index (χ0n) is 12.9. The summed E-state index contributed by atoms with van der Waals surface area (Å²) in [6.45, 7) is 2.76. The normalized spacial score (nSPS) is 19.7. The summed E-state index contributed by atoms with van der Waals surface area (Å²) in [5.74, 6) is 1.11. The van der Waals surface area contributed by atoms with E-state index in [1.165, 1.54) is 15.6 Å². The van der Waals surface area contributed by atoms with Gasteiger partial charge in [0.15, 0.2) is 5.82 Å². The Morgan fingerprint density at radius 2 is 2.26 bits per heavy atom. The number of morpholine rings is 1. The molecule has 0 aliphatic carbocycles. The van der Waals surface area contributed by atoms with Crippen molar-refractivity contribution in [1.82, 2.24) is 14.3 Å². The van der Waals surface area contributed by atoms with E-state index in [0.29, 0.717) is 22.5 Å². The highest BCUT2D eigenvalue weighted by Crippen LogP contribution is 2.31. The van der Waals surface area contributed by atoms with Gasteiger partial charge >= 0.3 is 0 Å². The van der Waals surface area contributed by atoms with Gasteiger partial charge in [0.05, 0.1) is 13.2 Å². The minimum Gasteiger partial charge on any atom is -0.378 e. The maximum absolute atomic E-state index is 12.9. The van der Waals surface area contributed by atoms with Crippen LogP contribution >= 0.6 is 11.3 Å². The molecule has 23 heavy (non-hydrogen) atoms. The number of aromatic nitrogens is 2. The molecule has 1 aliphatic heterocycles. The first-order valence-corrected chi connectivity index (χ1v) is 9.51. The van der Waals surface area contributed by atoms with Crippen molar-refractivity contribution in [3.63, 3.8) is 0 Å². The van der Waals surface area contributed by atoms with Gasteiger partial charge in [-0.3, -0.25) is 0 Å². The van der Waals surface area contributed by atoms with E-state index < -0.39 is 16.1 Å². The lowest BCUT2D eigenvalue weighted by Gasteiger charge is -2.33. The number of sulfonamides is 1. The van der Waals surface area contributed by atoms with E-state index in [-0.39, 0.29) is 13.2 Å². The Hall–Kier alpha value is -1.55. The average Bonchev–Trinajstić information content (AvgIpc) is 3.09. The van der Waals surface area contributed by atoms with Crippen LogP contribution in [0.2, 0.25) is 0 Å². The Morgan fingerprint density at radius 3 is 2.96 bits per heavy atom. The van der Waals surface area contributed by atoms with Crippen molar-refractivity contribution < 1.29 is 13.2 Å². The fourth-order valence-corrected chi connectivity index (χ4v) is 5.15. The molecular formula is C14H18N4O3S2. The molecule has 1 atom stereocenters. The maximum Gasteiger partial charge on any atom is 0.253 e. The van der Waals surface area contributed by atoms with Gasteiger partial charge in [0.25, 0.3) is 10.0 Å². The van der Waals surface area contributed by atoms with Gasteiger partial charge in [-0.25, -0.2) is 18.4 Å². The summed E-state index contributed by atoms with van der Waals surface area (Å²) >= 11 is 1.21. The molecule has 1 saturated heterocycles. The molecule has 7 nitrogen and oxygen atoms in total. The highest BCUT2D eigenvalue weighted by atomic mass is 32.2. The summed E-state index contributed by atoms with van der Waals surface area (Å²) in [4.78, 5) is 8.83. The van der Waals surface area contributed by atoms with Crippen molar-refractivity contribution in [3.8, 4) is 0 Å². The zero-order chi connectivity index (χ0) is 16.4. The van der Waals surface area contributed by atoms with E-state index in [4.69, 9.17) is 4.74 Å². The van der Waals surface area contributed by atoms with Gasteiger partial charge in [-0.05, 0) is 18.4 Å². The molecule has 1 aliphatic rings. The number of ether oxygens (including phenoxy) is 1. The fraction of sp³-hybridized carbons (Fsp3) is 0.429. The average molecular weight is 354 g/mol. The van der Waals surface area contributed by atoms with E-state index in [0.717, 1.165) is 5.69 Å². The van der Waals surface area contributed by atoms with Gasteiger partial charge in [0.2, 0.25) is 0 Å². The summed E-state index contributed by atoms with van der Waals surface area (Å²) in [5, 5.41) is 4.73. The third-order valence-electron chi connectivity index (χ3n) is 3.56. The number of anilines is 1. The molecule has 1 N–H and O–H groups in total. The molecule has 0 bridgehead atoms. The summed E-state index contributed by atoms with van der Waals surface area (Å²) in [7, 11) is -1.81. The van der Waals surface area contributed by atoms with Crippen LogP contribution in [0.4, 0.5) is 5.82 Å². The van der Waals surface area contributed by atoms with Gasteiger partial charge in [-0.15, -0.1) is 11.3 Å². The third-order valence-corrected chi connectivity index (χ3v) is 6.84. The van der Waals surface area contributed by atoms with Crippen LogP contribution in [-0.2, 0) is 14.8 Å². The first-order chi connectivity index (χ1) is 11.0. The molecular weight excluding hydrogens is 336 g/mol. The lowest BCUT2D eigenvalue weighted by molar-refractivity contribution is 0.0290. The minimum atomic E-state index is -3.58.